The number of H-pyrrole nitrogens is 1. The first kappa shape index (κ1) is 22.4. The third-order valence-electron chi connectivity index (χ3n) is 5.32. The summed E-state index contributed by atoms with van der Waals surface area (Å²) in [6, 6.07) is 18.4. The van der Waals surface area contributed by atoms with Gasteiger partial charge < -0.3 is 19.3 Å². The predicted octanol–water partition coefficient (Wildman–Crippen LogP) is 5.05. The molecule has 5 rings (SSSR count). The second-order valence-electron chi connectivity index (χ2n) is 7.51. The first-order valence-electron chi connectivity index (χ1n) is 10.7. The maximum Gasteiger partial charge on any atom is 0.273 e. The highest BCUT2D eigenvalue weighted by molar-refractivity contribution is 7.13. The highest BCUT2D eigenvalue weighted by Crippen LogP contribution is 2.32. The van der Waals surface area contributed by atoms with E-state index in [0.717, 1.165) is 10.4 Å². The van der Waals surface area contributed by atoms with Crippen LogP contribution in [0.25, 0.3) is 22.0 Å². The van der Waals surface area contributed by atoms with E-state index in [4.69, 9.17) is 14.0 Å². The van der Waals surface area contributed by atoms with Crippen LogP contribution in [-0.2, 0) is 6.42 Å². The average Bonchev–Trinajstić information content (AvgIpc) is 3.66. The number of aromatic amines is 1. The van der Waals surface area contributed by atoms with Gasteiger partial charge in [0.05, 0.1) is 31.2 Å². The monoisotopic (exact) mass is 487 g/mol. The summed E-state index contributed by atoms with van der Waals surface area (Å²) in [5.74, 6) is 1.96. The van der Waals surface area contributed by atoms with Crippen LogP contribution in [0.1, 0.15) is 21.9 Å². The zero-order valence-corrected chi connectivity index (χ0v) is 19.8. The molecule has 0 aliphatic carbocycles. The van der Waals surface area contributed by atoms with Crippen LogP contribution < -0.4 is 14.8 Å². The molecular weight excluding hydrogens is 466 g/mol. The van der Waals surface area contributed by atoms with Gasteiger partial charge in [-0.25, -0.2) is 0 Å². The van der Waals surface area contributed by atoms with Gasteiger partial charge >= 0.3 is 0 Å². The summed E-state index contributed by atoms with van der Waals surface area (Å²) in [6.45, 7) is 0. The van der Waals surface area contributed by atoms with E-state index in [-0.39, 0.29) is 5.91 Å². The van der Waals surface area contributed by atoms with Crippen molar-refractivity contribution >= 4 is 22.9 Å². The summed E-state index contributed by atoms with van der Waals surface area (Å²) in [4.78, 5) is 18.4. The lowest BCUT2D eigenvalue weighted by atomic mass is 10.1. The summed E-state index contributed by atoms with van der Waals surface area (Å²) in [5.41, 5.74) is 3.06. The molecule has 3 heterocycles. The number of para-hydroxylation sites is 1. The Kier molecular flexibility index (Phi) is 6.27. The minimum absolute atomic E-state index is 0.303. The van der Waals surface area contributed by atoms with Gasteiger partial charge in [0.15, 0.2) is 0 Å². The topological polar surface area (TPSA) is 115 Å². The van der Waals surface area contributed by atoms with Gasteiger partial charge in [-0.3, -0.25) is 9.89 Å². The Hall–Kier alpha value is -4.44. The zero-order valence-electron chi connectivity index (χ0n) is 18.9. The number of benzene rings is 2. The number of hydrogen-bond donors (Lipinski definition) is 2. The van der Waals surface area contributed by atoms with Crippen molar-refractivity contribution in [1.29, 1.82) is 0 Å². The van der Waals surface area contributed by atoms with E-state index in [1.165, 1.54) is 0 Å². The minimum atomic E-state index is -0.331. The molecule has 2 N–H and O–H groups in total. The summed E-state index contributed by atoms with van der Waals surface area (Å²) in [5, 5.41) is 16.1. The van der Waals surface area contributed by atoms with E-state index in [2.05, 4.69) is 25.7 Å². The van der Waals surface area contributed by atoms with E-state index in [1.54, 1.807) is 49.8 Å². The molecule has 35 heavy (non-hydrogen) atoms. The second kappa shape index (κ2) is 9.82. The molecule has 1 amide bonds. The lowest BCUT2D eigenvalue weighted by molar-refractivity contribution is 0.102. The Morgan fingerprint density at radius 1 is 1.09 bits per heavy atom. The van der Waals surface area contributed by atoms with E-state index in [0.29, 0.717) is 52.3 Å². The van der Waals surface area contributed by atoms with Crippen molar-refractivity contribution in [1.82, 2.24) is 20.3 Å². The molecule has 0 radical (unpaired) electrons. The Morgan fingerprint density at radius 2 is 1.97 bits per heavy atom. The molecule has 10 heteroatoms. The highest BCUT2D eigenvalue weighted by atomic mass is 32.1. The third kappa shape index (κ3) is 4.78. The summed E-state index contributed by atoms with van der Waals surface area (Å²) in [7, 11) is 3.17. The number of carbonyl (C=O) groups excluding carboxylic acids is 1. The zero-order chi connectivity index (χ0) is 24.2. The first-order valence-corrected chi connectivity index (χ1v) is 11.6. The molecule has 0 bridgehead atoms. The number of carbonyl (C=O) groups is 1. The molecule has 5 aromatic rings. The fraction of sp³-hybridized carbons (Fsp3) is 0.120. The van der Waals surface area contributed by atoms with Crippen LogP contribution in [0, 0.1) is 0 Å². The molecule has 0 fully saturated rings. The van der Waals surface area contributed by atoms with Crippen LogP contribution in [0.4, 0.5) is 5.69 Å². The normalized spacial score (nSPS) is 10.8. The summed E-state index contributed by atoms with van der Waals surface area (Å²) in [6.07, 6.45) is 0.379. The highest BCUT2D eigenvalue weighted by Gasteiger charge is 2.17. The number of rotatable bonds is 8. The van der Waals surface area contributed by atoms with E-state index >= 15 is 0 Å². The Bertz CT molecular complexity index is 1460. The van der Waals surface area contributed by atoms with Gasteiger partial charge in [0, 0.05) is 11.3 Å². The Labute approximate surface area is 204 Å². The fourth-order valence-electron chi connectivity index (χ4n) is 3.57. The first-order chi connectivity index (χ1) is 17.1. The van der Waals surface area contributed by atoms with Crippen LogP contribution in [0.2, 0.25) is 0 Å². The van der Waals surface area contributed by atoms with Gasteiger partial charge in [-0.1, -0.05) is 29.4 Å². The van der Waals surface area contributed by atoms with Crippen molar-refractivity contribution < 1.29 is 18.8 Å². The minimum Gasteiger partial charge on any atom is -0.497 e. The van der Waals surface area contributed by atoms with Gasteiger partial charge in [0.25, 0.3) is 5.91 Å². The fourth-order valence-corrected chi connectivity index (χ4v) is 4.22. The smallest absolute Gasteiger partial charge is 0.273 e. The number of nitrogens with zero attached hydrogens (tertiary/aromatic N) is 3. The van der Waals surface area contributed by atoms with Crippen molar-refractivity contribution in [3.05, 3.63) is 83.2 Å². The molecule has 0 aliphatic rings. The standard InChI is InChI=1S/C25H21N5O4S/c1-32-16-9-10-21(33-2)17(13-16)19-14-20(29-28-19)25(31)26-18-7-4-3-6-15(18)12-23-27-24(30-34-23)22-8-5-11-35-22/h3-11,13-14H,12H2,1-2H3,(H,26,31)(H,28,29). The van der Waals surface area contributed by atoms with Gasteiger partial charge in [-0.15, -0.1) is 11.3 Å². The number of thiophene rings is 1. The molecule has 9 nitrogen and oxygen atoms in total. The van der Waals surface area contributed by atoms with Gasteiger partial charge in [0.2, 0.25) is 11.7 Å². The van der Waals surface area contributed by atoms with Crippen LogP contribution >= 0.6 is 11.3 Å². The van der Waals surface area contributed by atoms with E-state index in [9.17, 15) is 4.79 Å². The maximum absolute atomic E-state index is 13.0. The van der Waals surface area contributed by atoms with Crippen LogP contribution in [0.3, 0.4) is 0 Å². The molecule has 0 spiro atoms. The molecule has 0 saturated carbocycles. The van der Waals surface area contributed by atoms with Crippen molar-refractivity contribution in [2.75, 3.05) is 19.5 Å². The van der Waals surface area contributed by atoms with Crippen LogP contribution in [-0.4, -0.2) is 40.5 Å². The number of nitrogens with one attached hydrogen (secondary N) is 2. The maximum atomic E-state index is 13.0. The van der Waals surface area contributed by atoms with Gasteiger partial charge in [-0.2, -0.15) is 10.1 Å². The van der Waals surface area contributed by atoms with E-state index < -0.39 is 0 Å². The molecule has 0 aliphatic heterocycles. The van der Waals surface area contributed by atoms with Gasteiger partial charge in [0.1, 0.15) is 17.2 Å². The lowest BCUT2D eigenvalue weighted by Crippen LogP contribution is -2.14. The molecule has 0 atom stereocenters. The quantitative estimate of drug-likeness (QED) is 0.315. The number of aromatic nitrogens is 4. The molecule has 2 aromatic carbocycles. The number of hydrogen-bond acceptors (Lipinski definition) is 8. The second-order valence-corrected chi connectivity index (χ2v) is 8.46. The molecule has 176 valence electrons. The SMILES string of the molecule is COc1ccc(OC)c(-c2cc(C(=O)Nc3ccccc3Cc3nc(-c4cccs4)no3)[nH]n2)c1. The Balaban J connectivity index is 1.34. The van der Waals surface area contributed by atoms with Crippen LogP contribution in [0.5, 0.6) is 11.5 Å². The Morgan fingerprint density at radius 3 is 2.77 bits per heavy atom. The molecular formula is C25H21N5O4S. The van der Waals surface area contributed by atoms with Crippen molar-refractivity contribution in [3.8, 4) is 33.5 Å². The van der Waals surface area contributed by atoms with E-state index in [1.807, 2.05) is 41.8 Å². The average molecular weight is 488 g/mol. The molecule has 0 unspecified atom stereocenters. The third-order valence-corrected chi connectivity index (χ3v) is 6.19. The number of amides is 1. The van der Waals surface area contributed by atoms with Crippen molar-refractivity contribution in [3.63, 3.8) is 0 Å². The van der Waals surface area contributed by atoms with Crippen molar-refractivity contribution in [2.45, 2.75) is 6.42 Å². The largest absolute Gasteiger partial charge is 0.497 e. The molecule has 3 aromatic heterocycles. The summed E-state index contributed by atoms with van der Waals surface area (Å²) >= 11 is 1.54. The van der Waals surface area contributed by atoms with Gasteiger partial charge in [-0.05, 0) is 47.3 Å². The summed E-state index contributed by atoms with van der Waals surface area (Å²) < 4.78 is 16.2. The number of methoxy groups -OCH3 is 2. The predicted molar refractivity (Wildman–Crippen MR) is 132 cm³/mol. The molecule has 0 saturated heterocycles. The van der Waals surface area contributed by atoms with Crippen molar-refractivity contribution in [2.24, 2.45) is 0 Å². The number of anilines is 1. The lowest BCUT2D eigenvalue weighted by Gasteiger charge is -2.09. The number of ether oxygens (including phenoxy) is 2. The van der Waals surface area contributed by atoms with Crippen LogP contribution in [0.15, 0.2) is 70.6 Å².